The van der Waals surface area contributed by atoms with E-state index < -0.39 is 11.8 Å². The summed E-state index contributed by atoms with van der Waals surface area (Å²) in [6.45, 7) is 6.61. The predicted octanol–water partition coefficient (Wildman–Crippen LogP) is -0.730. The lowest BCUT2D eigenvalue weighted by molar-refractivity contribution is -1.02. The SMILES string of the molecule is Cc1ccccc1NC(=O)C(=O)NC[C@H](c1ccc(N(C)C)cc1)[NH+]1CC[NH+](C)CC1. The Balaban J connectivity index is 1.68. The van der Waals surface area contributed by atoms with Crippen LogP contribution in [0.1, 0.15) is 17.2 Å². The number of quaternary nitrogens is 2. The van der Waals surface area contributed by atoms with Gasteiger partial charge in [-0.05, 0) is 30.7 Å². The Bertz CT molecular complexity index is 889. The largest absolute Gasteiger partial charge is 0.378 e. The van der Waals surface area contributed by atoms with Gasteiger partial charge in [-0.25, -0.2) is 0 Å². The smallest absolute Gasteiger partial charge is 0.313 e. The average Bonchev–Trinajstić information content (AvgIpc) is 2.76. The van der Waals surface area contributed by atoms with Crippen molar-refractivity contribution in [2.24, 2.45) is 0 Å². The molecule has 0 aliphatic carbocycles. The molecule has 3 rings (SSSR count). The van der Waals surface area contributed by atoms with Crippen molar-refractivity contribution in [3.05, 3.63) is 59.7 Å². The number of anilines is 2. The molecule has 1 saturated heterocycles. The fourth-order valence-corrected chi connectivity index (χ4v) is 4.02. The number of likely N-dealkylation sites (N-methyl/N-ethyl adjacent to an activating group) is 1. The second-order valence-corrected chi connectivity index (χ2v) is 8.63. The standard InChI is InChI=1S/C24H33N5O2/c1-18-7-5-6-8-21(18)26-24(31)23(30)25-17-22(29-15-13-28(4)14-16-29)19-9-11-20(12-10-19)27(2)3/h5-12,22H,13-17H2,1-4H3,(H,25,30)(H,26,31)/p+2/t22-/m1/s1. The topological polar surface area (TPSA) is 70.3 Å². The van der Waals surface area contributed by atoms with Crippen molar-refractivity contribution in [1.82, 2.24) is 5.32 Å². The Morgan fingerprint density at radius 1 is 0.968 bits per heavy atom. The van der Waals surface area contributed by atoms with Crippen LogP contribution in [0.25, 0.3) is 0 Å². The molecular formula is C24H35N5O2+2. The molecule has 0 spiro atoms. The second kappa shape index (κ2) is 10.4. The highest BCUT2D eigenvalue weighted by atomic mass is 16.2. The van der Waals surface area contributed by atoms with E-state index in [1.165, 1.54) is 15.4 Å². The third-order valence-electron chi connectivity index (χ3n) is 6.12. The van der Waals surface area contributed by atoms with Crippen molar-refractivity contribution in [3.8, 4) is 0 Å². The van der Waals surface area contributed by atoms with Crippen LogP contribution in [-0.4, -0.2) is 65.7 Å². The predicted molar refractivity (Wildman–Crippen MR) is 124 cm³/mol. The van der Waals surface area contributed by atoms with Crippen molar-refractivity contribution >= 4 is 23.2 Å². The van der Waals surface area contributed by atoms with Gasteiger partial charge in [-0.3, -0.25) is 9.59 Å². The summed E-state index contributed by atoms with van der Waals surface area (Å²) in [6.07, 6.45) is 0. The van der Waals surface area contributed by atoms with Crippen LogP contribution in [0.5, 0.6) is 0 Å². The van der Waals surface area contributed by atoms with Gasteiger partial charge in [0.15, 0.2) is 0 Å². The number of aryl methyl sites for hydroxylation is 1. The number of nitrogens with zero attached hydrogens (tertiary/aromatic N) is 1. The van der Waals surface area contributed by atoms with Crippen molar-refractivity contribution in [3.63, 3.8) is 0 Å². The summed E-state index contributed by atoms with van der Waals surface area (Å²) in [6, 6.07) is 16.0. The molecule has 166 valence electrons. The van der Waals surface area contributed by atoms with Crippen LogP contribution in [0.15, 0.2) is 48.5 Å². The molecule has 0 unspecified atom stereocenters. The van der Waals surface area contributed by atoms with E-state index >= 15 is 0 Å². The van der Waals surface area contributed by atoms with Crippen LogP contribution >= 0.6 is 0 Å². The van der Waals surface area contributed by atoms with Crippen LogP contribution in [0, 0.1) is 6.92 Å². The molecule has 2 aromatic rings. The molecule has 31 heavy (non-hydrogen) atoms. The molecule has 0 aromatic heterocycles. The van der Waals surface area contributed by atoms with Crippen molar-refractivity contribution < 1.29 is 19.4 Å². The molecule has 0 saturated carbocycles. The molecular weight excluding hydrogens is 390 g/mol. The highest BCUT2D eigenvalue weighted by Crippen LogP contribution is 2.16. The number of amides is 2. The van der Waals surface area contributed by atoms with E-state index in [9.17, 15) is 9.59 Å². The lowest BCUT2D eigenvalue weighted by Gasteiger charge is -2.33. The van der Waals surface area contributed by atoms with Crippen LogP contribution in [0.3, 0.4) is 0 Å². The van der Waals surface area contributed by atoms with Gasteiger partial charge in [0.1, 0.15) is 32.2 Å². The van der Waals surface area contributed by atoms with Crippen LogP contribution in [0.2, 0.25) is 0 Å². The molecule has 1 heterocycles. The first-order chi connectivity index (χ1) is 14.8. The minimum absolute atomic E-state index is 0.111. The lowest BCUT2D eigenvalue weighted by atomic mass is 10.0. The van der Waals surface area contributed by atoms with Crippen molar-refractivity contribution in [2.75, 3.05) is 64.1 Å². The number of nitrogens with one attached hydrogen (secondary N) is 4. The van der Waals surface area contributed by atoms with Crippen molar-refractivity contribution in [2.45, 2.75) is 13.0 Å². The summed E-state index contributed by atoms with van der Waals surface area (Å²) >= 11 is 0. The minimum atomic E-state index is -0.631. The third kappa shape index (κ3) is 6.06. The van der Waals surface area contributed by atoms with Gasteiger partial charge in [-0.15, -0.1) is 0 Å². The van der Waals surface area contributed by atoms with E-state index in [0.717, 1.165) is 37.4 Å². The Morgan fingerprint density at radius 2 is 1.61 bits per heavy atom. The molecule has 2 aromatic carbocycles. The molecule has 7 nitrogen and oxygen atoms in total. The first kappa shape index (κ1) is 22.8. The van der Waals surface area contributed by atoms with Gasteiger partial charge in [0, 0.05) is 31.0 Å². The number of carbonyl (C=O) groups is 2. The van der Waals surface area contributed by atoms with Gasteiger partial charge >= 0.3 is 11.8 Å². The Kier molecular flexibility index (Phi) is 7.65. The molecule has 0 bridgehead atoms. The quantitative estimate of drug-likeness (QED) is 0.462. The van der Waals surface area contributed by atoms with E-state index in [2.05, 4.69) is 46.8 Å². The Labute approximate surface area is 185 Å². The van der Waals surface area contributed by atoms with E-state index in [0.29, 0.717) is 12.2 Å². The summed E-state index contributed by atoms with van der Waals surface area (Å²) in [5, 5.41) is 5.59. The fourth-order valence-electron chi connectivity index (χ4n) is 4.02. The molecule has 1 aliphatic rings. The number of benzene rings is 2. The molecule has 4 N–H and O–H groups in total. The first-order valence-corrected chi connectivity index (χ1v) is 10.9. The molecule has 1 fully saturated rings. The zero-order chi connectivity index (χ0) is 22.4. The van der Waals surface area contributed by atoms with E-state index in [4.69, 9.17) is 0 Å². The maximum atomic E-state index is 12.5. The molecule has 2 amide bonds. The summed E-state index contributed by atoms with van der Waals surface area (Å²) < 4.78 is 0. The van der Waals surface area contributed by atoms with Gasteiger partial charge in [0.25, 0.3) is 0 Å². The highest BCUT2D eigenvalue weighted by Gasteiger charge is 2.30. The lowest BCUT2D eigenvalue weighted by Crippen LogP contribution is -3.27. The van der Waals surface area contributed by atoms with Crippen LogP contribution in [-0.2, 0) is 9.59 Å². The number of para-hydroxylation sites is 1. The van der Waals surface area contributed by atoms with Gasteiger partial charge < -0.3 is 25.3 Å². The first-order valence-electron chi connectivity index (χ1n) is 10.9. The van der Waals surface area contributed by atoms with Crippen LogP contribution < -0.4 is 25.3 Å². The van der Waals surface area contributed by atoms with E-state index in [1.54, 1.807) is 6.07 Å². The minimum Gasteiger partial charge on any atom is -0.378 e. The summed E-state index contributed by atoms with van der Waals surface area (Å²) in [5.74, 6) is -1.23. The number of hydrogen-bond acceptors (Lipinski definition) is 3. The summed E-state index contributed by atoms with van der Waals surface area (Å²) in [5.41, 5.74) is 3.90. The Morgan fingerprint density at radius 3 is 2.23 bits per heavy atom. The molecule has 7 heteroatoms. The highest BCUT2D eigenvalue weighted by molar-refractivity contribution is 6.39. The molecule has 1 atom stereocenters. The second-order valence-electron chi connectivity index (χ2n) is 8.63. The number of hydrogen-bond donors (Lipinski definition) is 4. The maximum absolute atomic E-state index is 12.5. The normalized spacial score (nSPS) is 19.4. The summed E-state index contributed by atoms with van der Waals surface area (Å²) in [4.78, 5) is 30.0. The molecule has 0 radical (unpaired) electrons. The maximum Gasteiger partial charge on any atom is 0.313 e. The third-order valence-corrected chi connectivity index (χ3v) is 6.12. The molecule has 1 aliphatic heterocycles. The zero-order valence-electron chi connectivity index (χ0n) is 19.0. The average molecular weight is 426 g/mol. The number of carbonyl (C=O) groups excluding carboxylic acids is 2. The number of rotatable bonds is 6. The van der Waals surface area contributed by atoms with E-state index in [1.807, 2.05) is 39.2 Å². The van der Waals surface area contributed by atoms with Gasteiger partial charge in [-0.2, -0.15) is 0 Å². The van der Waals surface area contributed by atoms with Gasteiger partial charge in [0.05, 0.1) is 13.6 Å². The van der Waals surface area contributed by atoms with Crippen LogP contribution in [0.4, 0.5) is 11.4 Å². The zero-order valence-corrected chi connectivity index (χ0v) is 19.0. The Hall–Kier alpha value is -2.90. The number of piperazine rings is 1. The van der Waals surface area contributed by atoms with Gasteiger partial charge in [-0.1, -0.05) is 30.3 Å². The summed E-state index contributed by atoms with van der Waals surface area (Å²) in [7, 11) is 6.26. The van der Waals surface area contributed by atoms with Crippen molar-refractivity contribution in [1.29, 1.82) is 0 Å². The monoisotopic (exact) mass is 425 g/mol. The van der Waals surface area contributed by atoms with E-state index in [-0.39, 0.29) is 6.04 Å². The fraction of sp³-hybridized carbons (Fsp3) is 0.417. The van der Waals surface area contributed by atoms with Gasteiger partial charge in [0.2, 0.25) is 0 Å².